The number of benzene rings is 1. The average molecular weight is 302 g/mol. The van der Waals surface area contributed by atoms with Gasteiger partial charge in [0, 0.05) is 28.6 Å². The maximum absolute atomic E-state index is 10.9. The largest absolute Gasteiger partial charge is 0.465 e. The maximum atomic E-state index is 10.9. The second-order valence-electron chi connectivity index (χ2n) is 3.64. The Labute approximate surface area is 107 Å². The Morgan fingerprint density at radius 1 is 1.44 bits per heavy atom. The zero-order valence-corrected chi connectivity index (χ0v) is 11.0. The molecule has 0 saturated carbocycles. The van der Waals surface area contributed by atoms with Gasteiger partial charge < -0.3 is 10.0 Å². The molecule has 0 radical (unpaired) electrons. The van der Waals surface area contributed by atoms with Crippen molar-refractivity contribution in [1.82, 2.24) is 4.90 Å². The molecule has 1 aromatic carbocycles. The summed E-state index contributed by atoms with van der Waals surface area (Å²) in [7, 11) is 0. The molecule has 0 spiro atoms. The number of carboxylic acid groups (broad SMARTS) is 1. The molecule has 0 aromatic heterocycles. The van der Waals surface area contributed by atoms with Gasteiger partial charge in [0.05, 0.1) is 0 Å². The fourth-order valence-corrected chi connectivity index (χ4v) is 3.21. The quantitative estimate of drug-likeness (QED) is 0.866. The van der Waals surface area contributed by atoms with Crippen molar-refractivity contribution in [2.24, 2.45) is 0 Å². The Morgan fingerprint density at radius 2 is 2.12 bits per heavy atom. The van der Waals surface area contributed by atoms with Gasteiger partial charge in [-0.3, -0.25) is 0 Å². The van der Waals surface area contributed by atoms with Crippen LogP contribution in [0.3, 0.4) is 0 Å². The highest BCUT2D eigenvalue weighted by atomic mass is 79.9. The predicted molar refractivity (Wildman–Crippen MR) is 68.9 cm³/mol. The van der Waals surface area contributed by atoms with Crippen LogP contribution in [0.2, 0.25) is 0 Å². The van der Waals surface area contributed by atoms with Gasteiger partial charge in [-0.05, 0) is 17.7 Å². The average Bonchev–Trinajstić information content (AvgIpc) is 2.30. The molecular weight excluding hydrogens is 290 g/mol. The molecular formula is C11H12BrNO2S. The number of hydrogen-bond acceptors (Lipinski definition) is 2. The van der Waals surface area contributed by atoms with E-state index in [0.717, 1.165) is 10.2 Å². The zero-order chi connectivity index (χ0) is 11.5. The lowest BCUT2D eigenvalue weighted by Crippen LogP contribution is -2.38. The van der Waals surface area contributed by atoms with E-state index in [4.69, 9.17) is 5.11 Å². The smallest absolute Gasteiger partial charge is 0.407 e. The summed E-state index contributed by atoms with van der Waals surface area (Å²) in [4.78, 5) is 12.4. The van der Waals surface area contributed by atoms with Crippen LogP contribution < -0.4 is 0 Å². The lowest BCUT2D eigenvalue weighted by molar-refractivity contribution is 0.147. The second kappa shape index (κ2) is 5.10. The molecule has 1 heterocycles. The van der Waals surface area contributed by atoms with E-state index >= 15 is 0 Å². The van der Waals surface area contributed by atoms with E-state index in [1.165, 1.54) is 10.5 Å². The van der Waals surface area contributed by atoms with Crippen LogP contribution in [-0.2, 0) is 0 Å². The number of rotatable bonds is 1. The minimum Gasteiger partial charge on any atom is -0.465 e. The first kappa shape index (κ1) is 11.8. The van der Waals surface area contributed by atoms with Crippen LogP contribution >= 0.6 is 27.7 Å². The Hall–Kier alpha value is -0.680. The molecule has 1 amide bonds. The molecule has 1 unspecified atom stereocenters. The van der Waals surface area contributed by atoms with Crippen LogP contribution in [0.15, 0.2) is 28.7 Å². The predicted octanol–water partition coefficient (Wildman–Crippen LogP) is 3.22. The summed E-state index contributed by atoms with van der Waals surface area (Å²) in [5.74, 6) is 0.868. The molecule has 1 aromatic rings. The van der Waals surface area contributed by atoms with Crippen molar-refractivity contribution in [3.63, 3.8) is 0 Å². The fourth-order valence-electron chi connectivity index (χ4n) is 1.70. The Balaban J connectivity index is 2.09. The van der Waals surface area contributed by atoms with Gasteiger partial charge in [0.15, 0.2) is 0 Å². The van der Waals surface area contributed by atoms with Crippen LogP contribution in [0.5, 0.6) is 0 Å². The van der Waals surface area contributed by atoms with Crippen molar-refractivity contribution in [2.45, 2.75) is 5.25 Å². The van der Waals surface area contributed by atoms with E-state index in [1.807, 2.05) is 36.0 Å². The first-order chi connectivity index (χ1) is 7.66. The lowest BCUT2D eigenvalue weighted by Gasteiger charge is -2.30. The van der Waals surface area contributed by atoms with Gasteiger partial charge in [-0.25, -0.2) is 4.79 Å². The molecule has 3 nitrogen and oxygen atoms in total. The van der Waals surface area contributed by atoms with E-state index in [9.17, 15) is 4.79 Å². The van der Waals surface area contributed by atoms with E-state index in [2.05, 4.69) is 15.9 Å². The van der Waals surface area contributed by atoms with Gasteiger partial charge in [-0.1, -0.05) is 28.1 Å². The molecule has 0 aliphatic carbocycles. The van der Waals surface area contributed by atoms with E-state index < -0.39 is 6.09 Å². The summed E-state index contributed by atoms with van der Waals surface area (Å²) in [5, 5.41) is 9.22. The van der Waals surface area contributed by atoms with Crippen LogP contribution in [0.1, 0.15) is 10.8 Å². The molecule has 1 aliphatic rings. The number of thioether (sulfide) groups is 1. The molecule has 1 atom stereocenters. The highest BCUT2D eigenvalue weighted by Gasteiger charge is 2.24. The summed E-state index contributed by atoms with van der Waals surface area (Å²) >= 11 is 5.22. The van der Waals surface area contributed by atoms with Crippen molar-refractivity contribution in [3.05, 3.63) is 34.3 Å². The monoisotopic (exact) mass is 301 g/mol. The van der Waals surface area contributed by atoms with Gasteiger partial charge in [0.2, 0.25) is 0 Å². The van der Waals surface area contributed by atoms with Gasteiger partial charge in [-0.2, -0.15) is 11.8 Å². The molecule has 1 N–H and O–H groups in total. The van der Waals surface area contributed by atoms with Gasteiger partial charge >= 0.3 is 6.09 Å². The summed E-state index contributed by atoms with van der Waals surface area (Å²) in [6, 6.07) is 8.09. The number of amides is 1. The topological polar surface area (TPSA) is 40.5 Å². The highest BCUT2D eigenvalue weighted by molar-refractivity contribution is 9.10. The zero-order valence-electron chi connectivity index (χ0n) is 8.60. The van der Waals surface area contributed by atoms with Crippen molar-refractivity contribution < 1.29 is 9.90 Å². The molecule has 0 bridgehead atoms. The van der Waals surface area contributed by atoms with E-state index in [-0.39, 0.29) is 5.25 Å². The Morgan fingerprint density at radius 3 is 2.75 bits per heavy atom. The molecule has 86 valence electrons. The van der Waals surface area contributed by atoms with E-state index in [0.29, 0.717) is 13.1 Å². The SMILES string of the molecule is O=C(O)N1CCSC(c2ccc(Br)cc2)C1. The van der Waals surface area contributed by atoms with Crippen LogP contribution in [0.4, 0.5) is 4.79 Å². The van der Waals surface area contributed by atoms with Crippen molar-refractivity contribution in [1.29, 1.82) is 0 Å². The standard InChI is InChI=1S/C11H12BrNO2S/c12-9-3-1-8(2-4-9)10-7-13(11(14)15)5-6-16-10/h1-4,10H,5-7H2,(H,14,15). The van der Waals surface area contributed by atoms with Crippen LogP contribution in [0.25, 0.3) is 0 Å². The third-order valence-electron chi connectivity index (χ3n) is 2.58. The molecule has 1 fully saturated rings. The number of carbonyl (C=O) groups is 1. The number of hydrogen-bond donors (Lipinski definition) is 1. The summed E-state index contributed by atoms with van der Waals surface area (Å²) in [6.45, 7) is 1.22. The lowest BCUT2D eigenvalue weighted by atomic mass is 10.1. The molecule has 5 heteroatoms. The molecule has 1 aliphatic heterocycles. The number of nitrogens with zero attached hydrogens (tertiary/aromatic N) is 1. The normalized spacial score (nSPS) is 20.8. The highest BCUT2D eigenvalue weighted by Crippen LogP contribution is 2.33. The molecule has 16 heavy (non-hydrogen) atoms. The van der Waals surface area contributed by atoms with Crippen molar-refractivity contribution in [2.75, 3.05) is 18.8 Å². The Bertz CT molecular complexity index is 382. The Kier molecular flexibility index (Phi) is 3.76. The van der Waals surface area contributed by atoms with Crippen molar-refractivity contribution >= 4 is 33.8 Å². The summed E-state index contributed by atoms with van der Waals surface area (Å²) in [6.07, 6.45) is -0.817. The molecule has 2 rings (SSSR count). The second-order valence-corrected chi connectivity index (χ2v) is 5.87. The first-order valence-electron chi connectivity index (χ1n) is 5.02. The fraction of sp³-hybridized carbons (Fsp3) is 0.364. The van der Waals surface area contributed by atoms with E-state index in [1.54, 1.807) is 0 Å². The third kappa shape index (κ3) is 2.71. The summed E-state index contributed by atoms with van der Waals surface area (Å²) < 4.78 is 1.05. The third-order valence-corrected chi connectivity index (χ3v) is 4.35. The van der Waals surface area contributed by atoms with Gasteiger partial charge in [-0.15, -0.1) is 0 Å². The van der Waals surface area contributed by atoms with Crippen LogP contribution in [-0.4, -0.2) is 34.9 Å². The van der Waals surface area contributed by atoms with Gasteiger partial charge in [0.1, 0.15) is 0 Å². The minimum atomic E-state index is -0.817. The van der Waals surface area contributed by atoms with Crippen LogP contribution in [0, 0.1) is 0 Å². The molecule has 1 saturated heterocycles. The summed E-state index contributed by atoms with van der Waals surface area (Å²) in [5.41, 5.74) is 1.19. The maximum Gasteiger partial charge on any atom is 0.407 e. The number of halogens is 1. The minimum absolute atomic E-state index is 0.262. The van der Waals surface area contributed by atoms with Crippen molar-refractivity contribution in [3.8, 4) is 0 Å². The van der Waals surface area contributed by atoms with Gasteiger partial charge in [0.25, 0.3) is 0 Å². The first-order valence-corrected chi connectivity index (χ1v) is 6.86.